The van der Waals surface area contributed by atoms with Crippen LogP contribution in [0.15, 0.2) is 18.2 Å². The summed E-state index contributed by atoms with van der Waals surface area (Å²) in [6, 6.07) is 4.94. The molecule has 0 aliphatic carbocycles. The molecule has 0 radical (unpaired) electrons. The number of rotatable bonds is 2. The van der Waals surface area contributed by atoms with Gasteiger partial charge in [0.05, 0.1) is 11.8 Å². The predicted molar refractivity (Wildman–Crippen MR) is 75.8 cm³/mol. The molecular weight excluding hydrogens is 249 g/mol. The van der Waals surface area contributed by atoms with Crippen molar-refractivity contribution in [1.29, 1.82) is 0 Å². The van der Waals surface area contributed by atoms with Crippen LogP contribution in [0.2, 0.25) is 0 Å². The first-order valence-electron chi connectivity index (χ1n) is 6.36. The first kappa shape index (κ1) is 13.7. The molecule has 2 rings (SSSR count). The number of hydrogen-bond donors (Lipinski definition) is 1. The zero-order valence-electron chi connectivity index (χ0n) is 11.1. The Labute approximate surface area is 112 Å². The Morgan fingerprint density at radius 2 is 1.94 bits per heavy atom. The number of aliphatic hydroxyl groups excluding tert-OH is 1. The van der Waals surface area contributed by atoms with Gasteiger partial charge in [-0.15, -0.1) is 0 Å². The third-order valence-corrected chi connectivity index (χ3v) is 4.43. The smallest absolute Gasteiger partial charge is 0.146 e. The van der Waals surface area contributed by atoms with Gasteiger partial charge in [0, 0.05) is 29.2 Å². The van der Waals surface area contributed by atoms with Crippen molar-refractivity contribution in [2.45, 2.75) is 37.4 Å². The highest BCUT2D eigenvalue weighted by molar-refractivity contribution is 8.00. The molecule has 0 aromatic heterocycles. The lowest BCUT2D eigenvalue weighted by molar-refractivity contribution is 0.199. The Hall–Kier alpha value is -0.740. The quantitative estimate of drug-likeness (QED) is 0.892. The molecule has 4 heteroatoms. The van der Waals surface area contributed by atoms with Crippen LogP contribution in [0.4, 0.5) is 10.1 Å². The summed E-state index contributed by atoms with van der Waals surface area (Å²) in [5, 5.41) is 10.8. The lowest BCUT2D eigenvalue weighted by Gasteiger charge is -2.37. The van der Waals surface area contributed by atoms with Crippen LogP contribution in [0.3, 0.4) is 0 Å². The fourth-order valence-electron chi connectivity index (χ4n) is 2.56. The number of para-hydroxylation sites is 1. The van der Waals surface area contributed by atoms with E-state index >= 15 is 0 Å². The molecular formula is C14H20FNOS. The maximum atomic E-state index is 14.1. The minimum atomic E-state index is -0.643. The number of aliphatic hydroxyl groups is 1. The molecule has 18 heavy (non-hydrogen) atoms. The van der Waals surface area contributed by atoms with E-state index in [2.05, 4.69) is 18.7 Å². The molecule has 1 saturated heterocycles. The third-order valence-electron chi connectivity index (χ3n) is 3.20. The van der Waals surface area contributed by atoms with Crippen molar-refractivity contribution in [2.75, 3.05) is 18.0 Å². The highest BCUT2D eigenvalue weighted by atomic mass is 32.2. The number of hydrogen-bond acceptors (Lipinski definition) is 3. The van der Waals surface area contributed by atoms with Crippen LogP contribution in [-0.4, -0.2) is 28.7 Å². The third kappa shape index (κ3) is 2.81. The Morgan fingerprint density at radius 1 is 1.33 bits per heavy atom. The highest BCUT2D eigenvalue weighted by Crippen LogP contribution is 2.34. The van der Waals surface area contributed by atoms with E-state index < -0.39 is 6.10 Å². The van der Waals surface area contributed by atoms with Crippen molar-refractivity contribution in [3.05, 3.63) is 29.6 Å². The maximum absolute atomic E-state index is 14.1. The van der Waals surface area contributed by atoms with E-state index in [1.165, 1.54) is 6.07 Å². The molecule has 1 aromatic rings. The minimum absolute atomic E-state index is 0.236. The van der Waals surface area contributed by atoms with E-state index in [0.29, 0.717) is 21.8 Å². The summed E-state index contributed by atoms with van der Waals surface area (Å²) in [6.07, 6.45) is -0.643. The Morgan fingerprint density at radius 3 is 2.50 bits per heavy atom. The van der Waals surface area contributed by atoms with Crippen LogP contribution >= 0.6 is 11.8 Å². The normalized spacial score (nSPS) is 26.2. The second-order valence-corrected chi connectivity index (χ2v) is 6.90. The highest BCUT2D eigenvalue weighted by Gasteiger charge is 2.26. The van der Waals surface area contributed by atoms with Crippen molar-refractivity contribution in [3.8, 4) is 0 Å². The molecule has 1 aliphatic rings. The van der Waals surface area contributed by atoms with Gasteiger partial charge in [-0.1, -0.05) is 26.0 Å². The van der Waals surface area contributed by atoms with Gasteiger partial charge in [0.2, 0.25) is 0 Å². The molecule has 0 amide bonds. The molecule has 1 aliphatic heterocycles. The average molecular weight is 269 g/mol. The summed E-state index contributed by atoms with van der Waals surface area (Å²) >= 11 is 1.93. The summed E-state index contributed by atoms with van der Waals surface area (Å²) in [6.45, 7) is 7.67. The summed E-state index contributed by atoms with van der Waals surface area (Å²) in [5.74, 6) is -0.236. The zero-order valence-corrected chi connectivity index (χ0v) is 11.9. The van der Waals surface area contributed by atoms with Gasteiger partial charge in [0.1, 0.15) is 5.82 Å². The largest absolute Gasteiger partial charge is 0.389 e. The predicted octanol–water partition coefficient (Wildman–Crippen LogP) is 3.21. The van der Waals surface area contributed by atoms with E-state index in [9.17, 15) is 9.50 Å². The molecule has 3 atom stereocenters. The van der Waals surface area contributed by atoms with E-state index in [4.69, 9.17) is 0 Å². The summed E-state index contributed by atoms with van der Waals surface area (Å²) in [4.78, 5) is 2.07. The minimum Gasteiger partial charge on any atom is -0.389 e. The van der Waals surface area contributed by atoms with Crippen molar-refractivity contribution >= 4 is 17.4 Å². The van der Waals surface area contributed by atoms with Crippen molar-refractivity contribution in [3.63, 3.8) is 0 Å². The number of anilines is 1. The maximum Gasteiger partial charge on any atom is 0.146 e. The van der Waals surface area contributed by atoms with Crippen molar-refractivity contribution < 1.29 is 9.50 Å². The molecule has 1 fully saturated rings. The zero-order chi connectivity index (χ0) is 13.3. The Bertz CT molecular complexity index is 414. The number of thioether (sulfide) groups is 1. The molecule has 0 saturated carbocycles. The van der Waals surface area contributed by atoms with Gasteiger partial charge in [-0.3, -0.25) is 0 Å². The second-order valence-electron chi connectivity index (χ2n) is 5.02. The lowest BCUT2D eigenvalue weighted by atomic mass is 10.1. The van der Waals surface area contributed by atoms with E-state index in [1.54, 1.807) is 19.1 Å². The van der Waals surface area contributed by atoms with Crippen LogP contribution in [-0.2, 0) is 0 Å². The van der Waals surface area contributed by atoms with Crippen LogP contribution in [0.5, 0.6) is 0 Å². The van der Waals surface area contributed by atoms with Crippen LogP contribution in [0, 0.1) is 5.82 Å². The van der Waals surface area contributed by atoms with E-state index in [-0.39, 0.29) is 5.82 Å². The average Bonchev–Trinajstić information content (AvgIpc) is 2.26. The fourth-order valence-corrected chi connectivity index (χ4v) is 3.89. The van der Waals surface area contributed by atoms with Crippen molar-refractivity contribution in [2.24, 2.45) is 0 Å². The monoisotopic (exact) mass is 269 g/mol. The first-order chi connectivity index (χ1) is 8.49. The lowest BCUT2D eigenvalue weighted by Crippen LogP contribution is -2.41. The van der Waals surface area contributed by atoms with Crippen LogP contribution in [0.1, 0.15) is 32.4 Å². The van der Waals surface area contributed by atoms with Crippen molar-refractivity contribution in [1.82, 2.24) is 0 Å². The van der Waals surface area contributed by atoms with Gasteiger partial charge in [0.15, 0.2) is 0 Å². The number of benzene rings is 1. The summed E-state index contributed by atoms with van der Waals surface area (Å²) in [5.41, 5.74) is 1.26. The molecule has 0 bridgehead atoms. The summed E-state index contributed by atoms with van der Waals surface area (Å²) in [7, 11) is 0. The molecule has 1 heterocycles. The molecule has 100 valence electrons. The van der Waals surface area contributed by atoms with Gasteiger partial charge in [-0.2, -0.15) is 11.8 Å². The molecule has 2 nitrogen and oxygen atoms in total. The van der Waals surface area contributed by atoms with Crippen LogP contribution in [0.25, 0.3) is 0 Å². The van der Waals surface area contributed by atoms with Gasteiger partial charge in [-0.25, -0.2) is 4.39 Å². The second kappa shape index (κ2) is 5.49. The molecule has 1 N–H and O–H groups in total. The molecule has 0 spiro atoms. The molecule has 2 unspecified atom stereocenters. The van der Waals surface area contributed by atoms with E-state index in [0.717, 1.165) is 13.1 Å². The Balaban J connectivity index is 2.37. The number of nitrogens with zero attached hydrogens (tertiary/aromatic N) is 1. The van der Waals surface area contributed by atoms with Gasteiger partial charge in [-0.05, 0) is 13.0 Å². The van der Waals surface area contributed by atoms with Gasteiger partial charge in [0.25, 0.3) is 0 Å². The first-order valence-corrected chi connectivity index (χ1v) is 7.30. The fraction of sp³-hybridized carbons (Fsp3) is 0.571. The Kier molecular flexibility index (Phi) is 4.17. The summed E-state index contributed by atoms with van der Waals surface area (Å²) < 4.78 is 14.1. The van der Waals surface area contributed by atoms with Gasteiger partial charge < -0.3 is 10.0 Å². The van der Waals surface area contributed by atoms with Crippen LogP contribution < -0.4 is 4.90 Å². The molecule has 1 aromatic carbocycles. The van der Waals surface area contributed by atoms with Gasteiger partial charge >= 0.3 is 0 Å². The van der Waals surface area contributed by atoms with E-state index in [1.807, 2.05) is 11.8 Å². The topological polar surface area (TPSA) is 23.5 Å². The number of halogens is 1. The standard InChI is InChI=1S/C14H20FNOS/c1-9-7-16(8-10(2)18-9)14-12(11(3)17)5-4-6-13(14)15/h4-6,9-11,17H,7-8H2,1-3H3/t9?,10?,11-/m1/s1. The SMILES string of the molecule is CC1CN(c2c(F)cccc2[C@@H](C)O)CC(C)S1.